The van der Waals surface area contributed by atoms with Crippen molar-refractivity contribution in [2.75, 3.05) is 0 Å². The second kappa shape index (κ2) is 9.49. The number of rotatable bonds is 1. The number of nitrogens with zero attached hydrogens (tertiary/aromatic N) is 1. The molecule has 0 spiro atoms. The van der Waals surface area contributed by atoms with Gasteiger partial charge in [-0.3, -0.25) is 9.54 Å². The maximum absolute atomic E-state index is 10.5. The predicted octanol–water partition coefficient (Wildman–Crippen LogP) is 3.34. The molecule has 3 aromatic rings. The lowest BCUT2D eigenvalue weighted by atomic mass is 10.2. The number of pyridine rings is 1. The molecule has 0 radical (unpaired) electrons. The van der Waals surface area contributed by atoms with Crippen molar-refractivity contribution < 1.29 is 13.0 Å². The zero-order chi connectivity index (χ0) is 16.3. The summed E-state index contributed by atoms with van der Waals surface area (Å²) in [5.41, 5.74) is 0.956. The highest BCUT2D eigenvalue weighted by Crippen LogP contribution is 2.08. The van der Waals surface area contributed by atoms with Crippen LogP contribution in [0.3, 0.4) is 0 Å². The molecule has 0 aliphatic rings. The van der Waals surface area contributed by atoms with Gasteiger partial charge in [-0.05, 0) is 43.3 Å². The Hall–Kier alpha value is -2.44. The Morgan fingerprint density at radius 3 is 1.73 bits per heavy atom. The molecule has 2 aromatic heterocycles. The summed E-state index contributed by atoms with van der Waals surface area (Å²) in [6, 6.07) is 15.6. The highest BCUT2D eigenvalue weighted by Gasteiger charge is 2.06. The predicted molar refractivity (Wildman–Crippen MR) is 86.0 cm³/mol. The monoisotopic (exact) mass is 318 g/mol. The molecule has 0 aliphatic carbocycles. The SMILES string of the molecule is Cc1ccc(S(=O)(=O)O)cc1.c1cc[nH]c1.c1ccncc1. The lowest BCUT2D eigenvalue weighted by Gasteiger charge is -1.95. The van der Waals surface area contributed by atoms with Gasteiger partial charge >= 0.3 is 0 Å². The van der Waals surface area contributed by atoms with Crippen LogP contribution >= 0.6 is 0 Å². The van der Waals surface area contributed by atoms with Crippen LogP contribution in [0.25, 0.3) is 0 Å². The molecule has 0 saturated carbocycles. The highest BCUT2D eigenvalue weighted by molar-refractivity contribution is 7.85. The van der Waals surface area contributed by atoms with E-state index in [2.05, 4.69) is 9.97 Å². The minimum atomic E-state index is -4.02. The molecule has 2 heterocycles. The molecule has 5 nitrogen and oxygen atoms in total. The Balaban J connectivity index is 0.000000184. The van der Waals surface area contributed by atoms with E-state index in [1.807, 2.05) is 49.6 Å². The first-order valence-corrected chi connectivity index (χ1v) is 7.91. The molecule has 22 heavy (non-hydrogen) atoms. The lowest BCUT2D eigenvalue weighted by molar-refractivity contribution is 0.483. The molecule has 0 fully saturated rings. The van der Waals surface area contributed by atoms with Crippen LogP contribution in [0.4, 0.5) is 0 Å². The number of aromatic amines is 1. The number of H-pyrrole nitrogens is 1. The summed E-state index contributed by atoms with van der Waals surface area (Å²) >= 11 is 0. The van der Waals surface area contributed by atoms with Crippen LogP contribution in [0, 0.1) is 6.92 Å². The van der Waals surface area contributed by atoms with Crippen molar-refractivity contribution in [2.45, 2.75) is 11.8 Å². The summed E-state index contributed by atoms with van der Waals surface area (Å²) in [5, 5.41) is 0. The van der Waals surface area contributed by atoms with E-state index >= 15 is 0 Å². The first-order valence-electron chi connectivity index (χ1n) is 6.47. The summed E-state index contributed by atoms with van der Waals surface area (Å²) in [5.74, 6) is 0. The van der Waals surface area contributed by atoms with E-state index in [0.717, 1.165) is 5.56 Å². The van der Waals surface area contributed by atoms with E-state index in [0.29, 0.717) is 0 Å². The van der Waals surface area contributed by atoms with Gasteiger partial charge in [-0.15, -0.1) is 0 Å². The maximum atomic E-state index is 10.5. The molecular weight excluding hydrogens is 300 g/mol. The van der Waals surface area contributed by atoms with Crippen molar-refractivity contribution in [3.8, 4) is 0 Å². The summed E-state index contributed by atoms with van der Waals surface area (Å²) in [6.07, 6.45) is 7.25. The third kappa shape index (κ3) is 7.98. The Morgan fingerprint density at radius 2 is 1.45 bits per heavy atom. The van der Waals surface area contributed by atoms with E-state index < -0.39 is 10.1 Å². The zero-order valence-electron chi connectivity index (χ0n) is 12.1. The van der Waals surface area contributed by atoms with Gasteiger partial charge in [0.05, 0.1) is 4.90 Å². The van der Waals surface area contributed by atoms with E-state index in [4.69, 9.17) is 4.55 Å². The summed E-state index contributed by atoms with van der Waals surface area (Å²) in [4.78, 5) is 6.58. The third-order valence-corrected chi connectivity index (χ3v) is 3.25. The second-order valence-electron chi connectivity index (χ2n) is 4.20. The van der Waals surface area contributed by atoms with Gasteiger partial charge < -0.3 is 4.98 Å². The highest BCUT2D eigenvalue weighted by atomic mass is 32.2. The molecule has 0 atom stereocenters. The van der Waals surface area contributed by atoms with Gasteiger partial charge in [-0.1, -0.05) is 23.8 Å². The van der Waals surface area contributed by atoms with Crippen LogP contribution in [0.15, 0.2) is 84.3 Å². The summed E-state index contributed by atoms with van der Waals surface area (Å²) < 4.78 is 29.6. The second-order valence-corrected chi connectivity index (χ2v) is 5.62. The minimum Gasteiger partial charge on any atom is -0.368 e. The number of aromatic nitrogens is 2. The van der Waals surface area contributed by atoms with E-state index in [1.54, 1.807) is 24.5 Å². The van der Waals surface area contributed by atoms with Gasteiger partial charge in [0.2, 0.25) is 0 Å². The number of hydrogen-bond acceptors (Lipinski definition) is 3. The normalized spacial score (nSPS) is 9.73. The molecular formula is C16H18N2O3S. The lowest BCUT2D eigenvalue weighted by Crippen LogP contribution is -1.96. The molecule has 0 amide bonds. The fourth-order valence-electron chi connectivity index (χ4n) is 1.30. The van der Waals surface area contributed by atoms with Crippen molar-refractivity contribution in [3.05, 3.63) is 84.9 Å². The molecule has 1 aromatic carbocycles. The van der Waals surface area contributed by atoms with Crippen LogP contribution < -0.4 is 0 Å². The molecule has 0 unspecified atom stereocenters. The topological polar surface area (TPSA) is 83.0 Å². The smallest absolute Gasteiger partial charge is 0.294 e. The number of nitrogens with one attached hydrogen (secondary N) is 1. The number of aryl methyl sites for hydroxylation is 1. The maximum Gasteiger partial charge on any atom is 0.294 e. The molecule has 2 N–H and O–H groups in total. The quantitative estimate of drug-likeness (QED) is 0.674. The van der Waals surface area contributed by atoms with Crippen molar-refractivity contribution in [1.29, 1.82) is 0 Å². The van der Waals surface area contributed by atoms with E-state index in [9.17, 15) is 8.42 Å². The zero-order valence-corrected chi connectivity index (χ0v) is 12.9. The van der Waals surface area contributed by atoms with Crippen LogP contribution in [0.5, 0.6) is 0 Å². The summed E-state index contributed by atoms with van der Waals surface area (Å²) in [6.45, 7) is 1.84. The Bertz CT molecular complexity index is 666. The van der Waals surface area contributed by atoms with Crippen LogP contribution in [0.1, 0.15) is 5.56 Å². The van der Waals surface area contributed by atoms with E-state index in [1.165, 1.54) is 12.1 Å². The van der Waals surface area contributed by atoms with E-state index in [-0.39, 0.29) is 4.90 Å². The van der Waals surface area contributed by atoms with Crippen molar-refractivity contribution in [1.82, 2.24) is 9.97 Å². The van der Waals surface area contributed by atoms with Gasteiger partial charge in [0.1, 0.15) is 0 Å². The Morgan fingerprint density at radius 1 is 0.909 bits per heavy atom. The van der Waals surface area contributed by atoms with Crippen LogP contribution in [0.2, 0.25) is 0 Å². The van der Waals surface area contributed by atoms with Crippen molar-refractivity contribution >= 4 is 10.1 Å². The van der Waals surface area contributed by atoms with Gasteiger partial charge in [-0.2, -0.15) is 8.42 Å². The van der Waals surface area contributed by atoms with Crippen LogP contribution in [-0.4, -0.2) is 22.9 Å². The molecule has 0 aliphatic heterocycles. The standard InChI is InChI=1S/C7H8O3S.C5H5N.C4H5N/c1-6-2-4-7(5-3-6)11(8,9)10;1-2-4-6-5-3-1;1-2-4-5-3-1/h2-5H,1H3,(H,8,9,10);1-5H;1-5H. The molecule has 116 valence electrons. The first-order chi connectivity index (χ1) is 10.5. The van der Waals surface area contributed by atoms with Crippen molar-refractivity contribution in [3.63, 3.8) is 0 Å². The van der Waals surface area contributed by atoms with Crippen molar-refractivity contribution in [2.24, 2.45) is 0 Å². The Kier molecular flexibility index (Phi) is 7.60. The Labute approximate surface area is 130 Å². The van der Waals surface area contributed by atoms with Gasteiger partial charge in [0.25, 0.3) is 10.1 Å². The molecule has 3 rings (SSSR count). The average Bonchev–Trinajstić information content (AvgIpc) is 3.09. The van der Waals surface area contributed by atoms with Gasteiger partial charge in [-0.25, -0.2) is 0 Å². The molecule has 0 bridgehead atoms. The van der Waals surface area contributed by atoms with Gasteiger partial charge in [0, 0.05) is 24.8 Å². The first kappa shape index (κ1) is 17.6. The fraction of sp³-hybridized carbons (Fsp3) is 0.0625. The van der Waals surface area contributed by atoms with Crippen LogP contribution in [-0.2, 0) is 10.1 Å². The molecule has 0 saturated heterocycles. The number of hydrogen-bond donors (Lipinski definition) is 2. The third-order valence-electron chi connectivity index (χ3n) is 2.38. The fourth-order valence-corrected chi connectivity index (χ4v) is 1.78. The summed E-state index contributed by atoms with van der Waals surface area (Å²) in [7, 11) is -4.02. The van der Waals surface area contributed by atoms with Gasteiger partial charge in [0.15, 0.2) is 0 Å². The molecule has 6 heteroatoms. The average molecular weight is 318 g/mol. The number of benzene rings is 1. The minimum absolute atomic E-state index is 0.0666. The largest absolute Gasteiger partial charge is 0.368 e.